The Kier molecular flexibility index (Phi) is 5.71. The van der Waals surface area contributed by atoms with E-state index in [-0.39, 0.29) is 0 Å². The highest BCUT2D eigenvalue weighted by atomic mass is 15.1. The normalized spacial score (nSPS) is 19.1. The van der Waals surface area contributed by atoms with E-state index in [1.165, 1.54) is 50.0 Å². The highest BCUT2D eigenvalue weighted by Gasteiger charge is 2.21. The number of rotatable bonds is 7. The number of benzene rings is 1. The summed E-state index contributed by atoms with van der Waals surface area (Å²) in [5, 5.41) is 3.45. The maximum absolute atomic E-state index is 3.45. The van der Waals surface area contributed by atoms with Gasteiger partial charge in [0.05, 0.1) is 0 Å². The Morgan fingerprint density at radius 3 is 2.63 bits per heavy atom. The van der Waals surface area contributed by atoms with Crippen LogP contribution in [0.3, 0.4) is 0 Å². The Bertz CT molecular complexity index is 358. The smallest absolute Gasteiger partial charge is 0.0366 e. The van der Waals surface area contributed by atoms with Gasteiger partial charge >= 0.3 is 0 Å². The molecule has 2 rings (SSSR count). The minimum absolute atomic E-state index is 0.913. The van der Waals surface area contributed by atoms with Gasteiger partial charge in [-0.15, -0.1) is 0 Å². The van der Waals surface area contributed by atoms with Crippen LogP contribution in [0.25, 0.3) is 0 Å². The van der Waals surface area contributed by atoms with Crippen LogP contribution in [-0.4, -0.2) is 19.6 Å². The first-order chi connectivity index (χ1) is 9.33. The van der Waals surface area contributed by atoms with Gasteiger partial charge in [0.25, 0.3) is 0 Å². The molecule has 1 atom stereocenters. The van der Waals surface area contributed by atoms with Gasteiger partial charge in [-0.05, 0) is 49.4 Å². The van der Waals surface area contributed by atoms with Crippen LogP contribution in [0.1, 0.15) is 45.1 Å². The summed E-state index contributed by atoms with van der Waals surface area (Å²) in [5.74, 6) is 0.913. The average Bonchev–Trinajstić information content (AvgIpc) is 2.89. The van der Waals surface area contributed by atoms with Gasteiger partial charge < -0.3 is 10.2 Å². The van der Waals surface area contributed by atoms with Crippen molar-refractivity contribution in [1.29, 1.82) is 0 Å². The molecular formula is C17H28N2. The fraction of sp³-hybridized carbons (Fsp3) is 0.647. The third-order valence-corrected chi connectivity index (χ3v) is 4.04. The molecule has 1 heterocycles. The molecule has 1 aromatic rings. The summed E-state index contributed by atoms with van der Waals surface area (Å²) in [7, 11) is 0. The van der Waals surface area contributed by atoms with Crippen LogP contribution in [-0.2, 0) is 6.54 Å². The molecule has 0 radical (unpaired) electrons. The summed E-state index contributed by atoms with van der Waals surface area (Å²) in [5.41, 5.74) is 2.79. The molecule has 0 saturated carbocycles. The molecule has 1 fully saturated rings. The molecule has 19 heavy (non-hydrogen) atoms. The molecule has 1 aliphatic rings. The number of nitrogens with zero attached hydrogens (tertiary/aromatic N) is 1. The summed E-state index contributed by atoms with van der Waals surface area (Å²) in [6.45, 7) is 9.08. The number of hydrogen-bond donors (Lipinski definition) is 1. The lowest BCUT2D eigenvalue weighted by molar-refractivity contribution is 0.530. The zero-order valence-electron chi connectivity index (χ0n) is 12.5. The predicted molar refractivity (Wildman–Crippen MR) is 83.7 cm³/mol. The molecule has 0 spiro atoms. The van der Waals surface area contributed by atoms with Crippen LogP contribution in [0, 0.1) is 5.92 Å². The number of nitrogens with one attached hydrogen (secondary N) is 1. The fourth-order valence-corrected chi connectivity index (χ4v) is 2.95. The molecule has 1 unspecified atom stereocenters. The van der Waals surface area contributed by atoms with Gasteiger partial charge in [-0.3, -0.25) is 0 Å². The molecule has 1 aromatic carbocycles. The third-order valence-electron chi connectivity index (χ3n) is 4.04. The molecule has 0 amide bonds. The van der Waals surface area contributed by atoms with Gasteiger partial charge in [0.15, 0.2) is 0 Å². The van der Waals surface area contributed by atoms with E-state index < -0.39 is 0 Å². The second-order valence-electron chi connectivity index (χ2n) is 5.73. The number of hydrogen-bond acceptors (Lipinski definition) is 2. The molecule has 0 aromatic heterocycles. The largest absolute Gasteiger partial charge is 0.371 e. The lowest BCUT2D eigenvalue weighted by Gasteiger charge is -2.19. The van der Waals surface area contributed by atoms with Gasteiger partial charge in [0.1, 0.15) is 0 Å². The van der Waals surface area contributed by atoms with E-state index in [2.05, 4.69) is 48.3 Å². The molecule has 0 aliphatic carbocycles. The molecule has 2 heteroatoms. The van der Waals surface area contributed by atoms with Crippen LogP contribution in [0.2, 0.25) is 0 Å². The lowest BCUT2D eigenvalue weighted by Crippen LogP contribution is -2.19. The zero-order valence-corrected chi connectivity index (χ0v) is 12.5. The first kappa shape index (κ1) is 14.4. The van der Waals surface area contributed by atoms with Crippen molar-refractivity contribution in [2.75, 3.05) is 24.5 Å². The van der Waals surface area contributed by atoms with Crippen molar-refractivity contribution in [3.05, 3.63) is 29.8 Å². The highest BCUT2D eigenvalue weighted by Crippen LogP contribution is 2.26. The van der Waals surface area contributed by atoms with E-state index in [9.17, 15) is 0 Å². The summed E-state index contributed by atoms with van der Waals surface area (Å²) >= 11 is 0. The Hall–Kier alpha value is -1.02. The van der Waals surface area contributed by atoms with Gasteiger partial charge in [0.2, 0.25) is 0 Å². The zero-order chi connectivity index (χ0) is 13.5. The summed E-state index contributed by atoms with van der Waals surface area (Å²) in [6, 6.07) is 9.12. The minimum Gasteiger partial charge on any atom is -0.371 e. The predicted octanol–water partition coefficient (Wildman–Crippen LogP) is 3.81. The highest BCUT2D eigenvalue weighted by molar-refractivity contribution is 5.48. The Morgan fingerprint density at radius 1 is 1.16 bits per heavy atom. The average molecular weight is 260 g/mol. The lowest BCUT2D eigenvalue weighted by atomic mass is 10.0. The van der Waals surface area contributed by atoms with E-state index in [0.717, 1.165) is 19.0 Å². The molecule has 1 saturated heterocycles. The number of anilines is 1. The van der Waals surface area contributed by atoms with Crippen LogP contribution < -0.4 is 10.2 Å². The van der Waals surface area contributed by atoms with Crippen LogP contribution in [0.5, 0.6) is 0 Å². The van der Waals surface area contributed by atoms with Gasteiger partial charge in [-0.25, -0.2) is 0 Å². The van der Waals surface area contributed by atoms with Crippen molar-refractivity contribution < 1.29 is 0 Å². The molecule has 2 nitrogen and oxygen atoms in total. The van der Waals surface area contributed by atoms with Crippen molar-refractivity contribution in [3.63, 3.8) is 0 Å². The van der Waals surface area contributed by atoms with Crippen molar-refractivity contribution in [2.24, 2.45) is 5.92 Å². The molecule has 1 N–H and O–H groups in total. The molecule has 1 aliphatic heterocycles. The van der Waals surface area contributed by atoms with Gasteiger partial charge in [-0.1, -0.05) is 32.4 Å². The van der Waals surface area contributed by atoms with Gasteiger partial charge in [0, 0.05) is 25.3 Å². The van der Waals surface area contributed by atoms with Crippen molar-refractivity contribution in [1.82, 2.24) is 5.32 Å². The van der Waals surface area contributed by atoms with E-state index in [1.807, 2.05) is 0 Å². The van der Waals surface area contributed by atoms with Crippen molar-refractivity contribution >= 4 is 5.69 Å². The first-order valence-corrected chi connectivity index (χ1v) is 7.88. The summed E-state index contributed by atoms with van der Waals surface area (Å²) in [4.78, 5) is 2.55. The Morgan fingerprint density at radius 2 is 1.95 bits per heavy atom. The van der Waals surface area contributed by atoms with Crippen LogP contribution in [0.4, 0.5) is 5.69 Å². The Labute approximate surface area is 118 Å². The van der Waals surface area contributed by atoms with Crippen LogP contribution in [0.15, 0.2) is 24.3 Å². The fourth-order valence-electron chi connectivity index (χ4n) is 2.95. The minimum atomic E-state index is 0.913. The van der Waals surface area contributed by atoms with E-state index >= 15 is 0 Å². The standard InChI is InChI=1S/C17H28N2/c1-3-5-16-10-12-19(14-16)17-8-6-15(7-9-17)13-18-11-4-2/h6-9,16,18H,3-5,10-14H2,1-2H3. The maximum Gasteiger partial charge on any atom is 0.0366 e. The van der Waals surface area contributed by atoms with E-state index in [0.29, 0.717) is 0 Å². The first-order valence-electron chi connectivity index (χ1n) is 7.88. The van der Waals surface area contributed by atoms with Gasteiger partial charge in [-0.2, -0.15) is 0 Å². The topological polar surface area (TPSA) is 15.3 Å². The molecule has 106 valence electrons. The molecule has 0 bridgehead atoms. The van der Waals surface area contributed by atoms with E-state index in [1.54, 1.807) is 0 Å². The second kappa shape index (κ2) is 7.54. The van der Waals surface area contributed by atoms with Crippen molar-refractivity contribution in [2.45, 2.75) is 46.1 Å². The molecular weight excluding hydrogens is 232 g/mol. The van der Waals surface area contributed by atoms with E-state index in [4.69, 9.17) is 0 Å². The quantitative estimate of drug-likeness (QED) is 0.750. The second-order valence-corrected chi connectivity index (χ2v) is 5.73. The monoisotopic (exact) mass is 260 g/mol. The van der Waals surface area contributed by atoms with Crippen LogP contribution >= 0.6 is 0 Å². The third kappa shape index (κ3) is 4.24. The summed E-state index contributed by atoms with van der Waals surface area (Å²) < 4.78 is 0. The van der Waals surface area contributed by atoms with Crippen molar-refractivity contribution in [3.8, 4) is 0 Å². The summed E-state index contributed by atoms with van der Waals surface area (Å²) in [6.07, 6.45) is 5.27. The Balaban J connectivity index is 1.85. The SMILES string of the molecule is CCCNCc1ccc(N2CCC(CCC)C2)cc1. The maximum atomic E-state index is 3.45.